The molecule has 2 saturated heterocycles. The van der Waals surface area contributed by atoms with Crippen molar-refractivity contribution in [2.24, 2.45) is 0 Å². The van der Waals surface area contributed by atoms with E-state index < -0.39 is 0 Å². The lowest BCUT2D eigenvalue weighted by molar-refractivity contribution is -0.141. The molecule has 0 saturated carbocycles. The Morgan fingerprint density at radius 2 is 1.59 bits per heavy atom. The number of nitrogens with zero attached hydrogens (tertiary/aromatic N) is 3. The zero-order valence-electron chi connectivity index (χ0n) is 16.0. The molecule has 7 heteroatoms. The fourth-order valence-electron chi connectivity index (χ4n) is 3.58. The maximum absolute atomic E-state index is 8.83. The number of ether oxygens (including phenoxy) is 4. The fourth-order valence-corrected chi connectivity index (χ4v) is 3.58. The van der Waals surface area contributed by atoms with Crippen LogP contribution in [0.1, 0.15) is 5.56 Å². The van der Waals surface area contributed by atoms with Crippen LogP contribution in [0.15, 0.2) is 24.3 Å². The number of hydrogen-bond donors (Lipinski definition) is 0. The molecule has 2 bridgehead atoms. The number of fused-ring (bicyclic) bond motifs is 2. The number of benzene rings is 1. The number of rotatable bonds is 10. The standard InChI is InChI=1S/C20H29N3O4/c1-24-10-11-25-8-6-22-13-19-15-23(16-20(14-22)27-19)7-9-26-18-4-2-17(12-21)3-5-18/h2-5,19-20H,6-11,13-16H2,1H3. The Morgan fingerprint density at radius 3 is 2.19 bits per heavy atom. The van der Waals surface area contributed by atoms with Gasteiger partial charge in [0.05, 0.1) is 43.7 Å². The summed E-state index contributed by atoms with van der Waals surface area (Å²) in [6.07, 6.45) is 0.512. The van der Waals surface area contributed by atoms with E-state index in [1.165, 1.54) is 0 Å². The van der Waals surface area contributed by atoms with Crippen LogP contribution < -0.4 is 4.74 Å². The lowest BCUT2D eigenvalue weighted by Crippen LogP contribution is -2.60. The van der Waals surface area contributed by atoms with Crippen LogP contribution in [0.2, 0.25) is 0 Å². The Hall–Kier alpha value is -1.69. The Morgan fingerprint density at radius 1 is 0.963 bits per heavy atom. The van der Waals surface area contributed by atoms with Crippen molar-refractivity contribution in [3.05, 3.63) is 29.8 Å². The van der Waals surface area contributed by atoms with Gasteiger partial charge in [-0.3, -0.25) is 9.80 Å². The molecule has 148 valence electrons. The topological polar surface area (TPSA) is 67.2 Å². The van der Waals surface area contributed by atoms with Crippen molar-refractivity contribution < 1.29 is 18.9 Å². The smallest absolute Gasteiger partial charge is 0.119 e. The van der Waals surface area contributed by atoms with Gasteiger partial charge in [-0.1, -0.05) is 0 Å². The van der Waals surface area contributed by atoms with Gasteiger partial charge in [0.2, 0.25) is 0 Å². The maximum Gasteiger partial charge on any atom is 0.119 e. The molecule has 2 unspecified atom stereocenters. The van der Waals surface area contributed by atoms with Crippen LogP contribution in [0.3, 0.4) is 0 Å². The molecule has 27 heavy (non-hydrogen) atoms. The number of morpholine rings is 2. The van der Waals surface area contributed by atoms with Crippen molar-refractivity contribution in [3.8, 4) is 11.8 Å². The molecule has 2 aliphatic heterocycles. The third-order valence-electron chi connectivity index (χ3n) is 4.88. The molecule has 0 aliphatic carbocycles. The molecule has 2 heterocycles. The molecular weight excluding hydrogens is 346 g/mol. The Kier molecular flexibility index (Phi) is 7.87. The normalized spacial score (nSPS) is 23.1. The van der Waals surface area contributed by atoms with Gasteiger partial charge in [0.15, 0.2) is 0 Å². The van der Waals surface area contributed by atoms with Crippen molar-refractivity contribution in [2.75, 3.05) is 72.8 Å². The van der Waals surface area contributed by atoms with Crippen LogP contribution in [-0.2, 0) is 14.2 Å². The second-order valence-electron chi connectivity index (χ2n) is 6.99. The van der Waals surface area contributed by atoms with Crippen LogP contribution in [0.25, 0.3) is 0 Å². The van der Waals surface area contributed by atoms with Gasteiger partial charge in [-0.05, 0) is 24.3 Å². The zero-order valence-corrected chi connectivity index (χ0v) is 16.0. The maximum atomic E-state index is 8.83. The fraction of sp³-hybridized carbons (Fsp3) is 0.650. The summed E-state index contributed by atoms with van der Waals surface area (Å²) in [4.78, 5) is 4.87. The summed E-state index contributed by atoms with van der Waals surface area (Å²) < 4.78 is 22.5. The summed E-state index contributed by atoms with van der Waals surface area (Å²) in [6.45, 7) is 8.30. The van der Waals surface area contributed by atoms with E-state index >= 15 is 0 Å². The zero-order chi connectivity index (χ0) is 18.9. The van der Waals surface area contributed by atoms with Crippen LogP contribution in [0, 0.1) is 11.3 Å². The van der Waals surface area contributed by atoms with Gasteiger partial charge in [0, 0.05) is 46.4 Å². The highest BCUT2D eigenvalue weighted by Crippen LogP contribution is 2.19. The molecule has 0 amide bonds. The summed E-state index contributed by atoms with van der Waals surface area (Å²) in [5.74, 6) is 0.808. The van der Waals surface area contributed by atoms with Crippen molar-refractivity contribution in [1.29, 1.82) is 5.26 Å². The molecule has 0 radical (unpaired) electrons. The van der Waals surface area contributed by atoms with Gasteiger partial charge in [-0.2, -0.15) is 5.26 Å². The predicted octanol–water partition coefficient (Wildman–Crippen LogP) is 0.985. The SMILES string of the molecule is COCCOCCN1CC2CN(CCOc3ccc(C#N)cc3)CC(C1)O2. The second-order valence-corrected chi connectivity index (χ2v) is 6.99. The van der Waals surface area contributed by atoms with Crippen molar-refractivity contribution in [2.45, 2.75) is 12.2 Å². The number of nitriles is 1. The third kappa shape index (κ3) is 6.45. The van der Waals surface area contributed by atoms with Gasteiger partial charge >= 0.3 is 0 Å². The first-order valence-electron chi connectivity index (χ1n) is 9.56. The van der Waals surface area contributed by atoms with Crippen molar-refractivity contribution in [3.63, 3.8) is 0 Å². The number of methoxy groups -OCH3 is 1. The molecule has 1 aromatic carbocycles. The van der Waals surface area contributed by atoms with E-state index in [1.54, 1.807) is 19.2 Å². The van der Waals surface area contributed by atoms with E-state index in [4.69, 9.17) is 24.2 Å². The van der Waals surface area contributed by atoms with Crippen LogP contribution >= 0.6 is 0 Å². The van der Waals surface area contributed by atoms with Gasteiger partial charge in [0.1, 0.15) is 12.4 Å². The van der Waals surface area contributed by atoms with Gasteiger partial charge in [-0.25, -0.2) is 0 Å². The summed E-state index contributed by atoms with van der Waals surface area (Å²) >= 11 is 0. The molecule has 2 atom stereocenters. The van der Waals surface area contributed by atoms with Crippen molar-refractivity contribution >= 4 is 0 Å². The first-order valence-corrected chi connectivity index (χ1v) is 9.56. The monoisotopic (exact) mass is 375 g/mol. The minimum atomic E-state index is 0.256. The Labute approximate surface area is 161 Å². The highest BCUT2D eigenvalue weighted by atomic mass is 16.5. The quantitative estimate of drug-likeness (QED) is 0.565. The molecule has 0 spiro atoms. The predicted molar refractivity (Wildman–Crippen MR) is 101 cm³/mol. The molecule has 2 aliphatic rings. The van der Waals surface area contributed by atoms with Crippen molar-refractivity contribution in [1.82, 2.24) is 9.80 Å². The molecule has 3 rings (SSSR count). The second kappa shape index (κ2) is 10.6. The van der Waals surface area contributed by atoms with Crippen LogP contribution in [0.5, 0.6) is 5.75 Å². The third-order valence-corrected chi connectivity index (χ3v) is 4.88. The average Bonchev–Trinajstić information content (AvgIpc) is 2.68. The van der Waals surface area contributed by atoms with Crippen LogP contribution in [-0.4, -0.2) is 94.8 Å². The summed E-state index contributed by atoms with van der Waals surface area (Å²) in [6, 6.07) is 9.37. The average molecular weight is 375 g/mol. The molecule has 2 fully saturated rings. The summed E-state index contributed by atoms with van der Waals surface area (Å²) in [7, 11) is 1.69. The summed E-state index contributed by atoms with van der Waals surface area (Å²) in [5, 5.41) is 8.83. The van der Waals surface area contributed by atoms with Gasteiger partial charge < -0.3 is 18.9 Å². The number of hydrogen-bond acceptors (Lipinski definition) is 7. The lowest BCUT2D eigenvalue weighted by Gasteiger charge is -2.45. The van der Waals surface area contributed by atoms with E-state index in [0.717, 1.165) is 51.6 Å². The van der Waals surface area contributed by atoms with Gasteiger partial charge in [-0.15, -0.1) is 0 Å². The Bertz CT molecular complexity index is 590. The highest BCUT2D eigenvalue weighted by molar-refractivity contribution is 5.34. The van der Waals surface area contributed by atoms with E-state index in [1.807, 2.05) is 12.1 Å². The lowest BCUT2D eigenvalue weighted by atomic mass is 10.1. The van der Waals surface area contributed by atoms with E-state index in [0.29, 0.717) is 25.4 Å². The minimum Gasteiger partial charge on any atom is -0.492 e. The van der Waals surface area contributed by atoms with Crippen LogP contribution in [0.4, 0.5) is 0 Å². The highest BCUT2D eigenvalue weighted by Gasteiger charge is 2.34. The summed E-state index contributed by atoms with van der Waals surface area (Å²) in [5.41, 5.74) is 0.650. The van der Waals surface area contributed by atoms with E-state index in [2.05, 4.69) is 15.9 Å². The first kappa shape index (κ1) is 20.1. The first-order chi connectivity index (χ1) is 13.3. The molecule has 0 N–H and O–H groups in total. The molecule has 1 aromatic rings. The molecular formula is C20H29N3O4. The Balaban J connectivity index is 1.34. The molecule has 7 nitrogen and oxygen atoms in total. The van der Waals surface area contributed by atoms with E-state index in [9.17, 15) is 0 Å². The minimum absolute atomic E-state index is 0.256. The molecule has 0 aromatic heterocycles. The largest absolute Gasteiger partial charge is 0.492 e. The van der Waals surface area contributed by atoms with E-state index in [-0.39, 0.29) is 12.2 Å². The van der Waals surface area contributed by atoms with Gasteiger partial charge in [0.25, 0.3) is 0 Å².